The summed E-state index contributed by atoms with van der Waals surface area (Å²) in [5.41, 5.74) is 9.18. The molecule has 2 rings (SSSR count). The van der Waals surface area contributed by atoms with Crippen molar-refractivity contribution in [2.45, 2.75) is 19.4 Å². The highest BCUT2D eigenvalue weighted by molar-refractivity contribution is 5.51. The number of hydrogen-bond donors (Lipinski definition) is 2. The van der Waals surface area contributed by atoms with Gasteiger partial charge in [0.1, 0.15) is 5.60 Å². The minimum absolute atomic E-state index is 0.187. The highest BCUT2D eigenvalue weighted by Crippen LogP contribution is 2.25. The topological polar surface area (TPSA) is 49.5 Å². The summed E-state index contributed by atoms with van der Waals surface area (Å²) in [6.07, 6.45) is 0. The van der Waals surface area contributed by atoms with Crippen LogP contribution in [0.5, 0.6) is 0 Å². The zero-order valence-electron chi connectivity index (χ0n) is 13.0. The maximum absolute atomic E-state index is 10.9. The van der Waals surface area contributed by atoms with Gasteiger partial charge in [-0.3, -0.25) is 0 Å². The molecule has 3 heteroatoms. The first-order valence-corrected chi connectivity index (χ1v) is 7.22. The number of aryl methyl sites for hydroxylation is 2. The monoisotopic (exact) mass is 284 g/mol. The van der Waals surface area contributed by atoms with Gasteiger partial charge in [-0.15, -0.1) is 0 Å². The van der Waals surface area contributed by atoms with Crippen molar-refractivity contribution < 1.29 is 5.11 Å². The van der Waals surface area contributed by atoms with Gasteiger partial charge in [0.25, 0.3) is 0 Å². The molecule has 2 aromatic rings. The van der Waals surface area contributed by atoms with E-state index in [0.717, 1.165) is 11.3 Å². The van der Waals surface area contributed by atoms with Gasteiger partial charge in [-0.2, -0.15) is 0 Å². The molecule has 2 aromatic carbocycles. The highest BCUT2D eigenvalue weighted by Gasteiger charge is 2.29. The second-order valence-electron chi connectivity index (χ2n) is 5.80. The van der Waals surface area contributed by atoms with E-state index in [4.69, 9.17) is 5.73 Å². The summed E-state index contributed by atoms with van der Waals surface area (Å²) in [6.45, 7) is 4.80. The highest BCUT2D eigenvalue weighted by atomic mass is 16.3. The molecule has 3 N–H and O–H groups in total. The van der Waals surface area contributed by atoms with Crippen molar-refractivity contribution in [2.24, 2.45) is 5.73 Å². The van der Waals surface area contributed by atoms with Crippen molar-refractivity contribution in [3.8, 4) is 0 Å². The lowest BCUT2D eigenvalue weighted by Gasteiger charge is -2.33. The minimum Gasteiger partial charge on any atom is -0.382 e. The van der Waals surface area contributed by atoms with E-state index in [1.165, 1.54) is 11.1 Å². The number of nitrogens with zero attached hydrogens (tertiary/aromatic N) is 1. The molecule has 0 saturated carbocycles. The molecule has 1 atom stereocenters. The van der Waals surface area contributed by atoms with Crippen LogP contribution in [-0.2, 0) is 5.60 Å². The molecule has 0 saturated heterocycles. The molecule has 21 heavy (non-hydrogen) atoms. The second kappa shape index (κ2) is 6.29. The van der Waals surface area contributed by atoms with Crippen molar-refractivity contribution in [3.63, 3.8) is 0 Å². The Bertz CT molecular complexity index is 577. The van der Waals surface area contributed by atoms with Crippen molar-refractivity contribution >= 4 is 5.69 Å². The standard InChI is InChI=1S/C18H24N2O/c1-14-9-15(2)11-17(10-14)20(3)13-18(21,12-19)16-7-5-4-6-8-16/h4-11,21H,12-13,19H2,1-3H3. The van der Waals surface area contributed by atoms with Gasteiger partial charge in [-0.1, -0.05) is 36.4 Å². The molecule has 112 valence electrons. The summed E-state index contributed by atoms with van der Waals surface area (Å²) in [5.74, 6) is 0. The van der Waals surface area contributed by atoms with Crippen molar-refractivity contribution in [1.29, 1.82) is 0 Å². The maximum atomic E-state index is 10.9. The van der Waals surface area contributed by atoms with Crippen LogP contribution >= 0.6 is 0 Å². The lowest BCUT2D eigenvalue weighted by Crippen LogP contribution is -2.45. The molecule has 0 bridgehead atoms. The molecule has 3 nitrogen and oxygen atoms in total. The first-order valence-electron chi connectivity index (χ1n) is 7.22. The van der Waals surface area contributed by atoms with E-state index < -0.39 is 5.60 Å². The Hall–Kier alpha value is -1.84. The summed E-state index contributed by atoms with van der Waals surface area (Å²) in [4.78, 5) is 2.06. The third-order valence-electron chi connectivity index (χ3n) is 3.79. The molecule has 0 aromatic heterocycles. The third-order valence-corrected chi connectivity index (χ3v) is 3.79. The van der Waals surface area contributed by atoms with E-state index in [1.807, 2.05) is 37.4 Å². The largest absolute Gasteiger partial charge is 0.382 e. The Balaban J connectivity index is 2.25. The predicted octanol–water partition coefficient (Wildman–Crippen LogP) is 2.59. The van der Waals surface area contributed by atoms with Crippen LogP contribution in [0.2, 0.25) is 0 Å². The van der Waals surface area contributed by atoms with E-state index in [-0.39, 0.29) is 6.54 Å². The Kier molecular flexibility index (Phi) is 4.66. The SMILES string of the molecule is Cc1cc(C)cc(N(C)CC(O)(CN)c2ccccc2)c1. The maximum Gasteiger partial charge on any atom is 0.119 e. The van der Waals surface area contributed by atoms with Crippen LogP contribution in [0, 0.1) is 13.8 Å². The predicted molar refractivity (Wildman–Crippen MR) is 88.6 cm³/mol. The number of benzene rings is 2. The van der Waals surface area contributed by atoms with E-state index in [2.05, 4.69) is 36.9 Å². The lowest BCUT2D eigenvalue weighted by atomic mass is 9.93. The van der Waals surface area contributed by atoms with E-state index >= 15 is 0 Å². The summed E-state index contributed by atoms with van der Waals surface area (Å²) < 4.78 is 0. The zero-order valence-corrected chi connectivity index (χ0v) is 13.0. The van der Waals surface area contributed by atoms with Gasteiger partial charge >= 0.3 is 0 Å². The summed E-state index contributed by atoms with van der Waals surface area (Å²) in [7, 11) is 1.98. The van der Waals surface area contributed by atoms with Gasteiger partial charge in [0.2, 0.25) is 0 Å². The number of likely N-dealkylation sites (N-methyl/N-ethyl adjacent to an activating group) is 1. The smallest absolute Gasteiger partial charge is 0.119 e. The second-order valence-corrected chi connectivity index (χ2v) is 5.80. The lowest BCUT2D eigenvalue weighted by molar-refractivity contribution is 0.0543. The van der Waals surface area contributed by atoms with Gasteiger partial charge in [-0.25, -0.2) is 0 Å². The van der Waals surface area contributed by atoms with Gasteiger partial charge in [0.15, 0.2) is 0 Å². The number of aliphatic hydroxyl groups is 1. The van der Waals surface area contributed by atoms with Crippen LogP contribution in [0.25, 0.3) is 0 Å². The molecule has 0 aliphatic carbocycles. The number of hydrogen-bond acceptors (Lipinski definition) is 3. The van der Waals surface area contributed by atoms with Crippen LogP contribution in [0.4, 0.5) is 5.69 Å². The Morgan fingerprint density at radius 2 is 1.62 bits per heavy atom. The summed E-state index contributed by atoms with van der Waals surface area (Å²) >= 11 is 0. The third kappa shape index (κ3) is 3.63. The Morgan fingerprint density at radius 3 is 2.14 bits per heavy atom. The van der Waals surface area contributed by atoms with Gasteiger partial charge in [0.05, 0.1) is 6.54 Å². The minimum atomic E-state index is -1.05. The van der Waals surface area contributed by atoms with E-state index in [1.54, 1.807) is 0 Å². The molecular formula is C18H24N2O. The molecule has 0 aliphatic heterocycles. The van der Waals surface area contributed by atoms with Gasteiger partial charge in [0, 0.05) is 19.3 Å². The van der Waals surface area contributed by atoms with Crippen LogP contribution in [0.15, 0.2) is 48.5 Å². The van der Waals surface area contributed by atoms with Crippen molar-refractivity contribution in [2.75, 3.05) is 25.0 Å². The van der Waals surface area contributed by atoms with Gasteiger partial charge < -0.3 is 15.7 Å². The van der Waals surface area contributed by atoms with Crippen LogP contribution in [-0.4, -0.2) is 25.2 Å². The molecule has 0 amide bonds. The molecule has 1 unspecified atom stereocenters. The van der Waals surface area contributed by atoms with Crippen LogP contribution < -0.4 is 10.6 Å². The van der Waals surface area contributed by atoms with E-state index in [0.29, 0.717) is 6.54 Å². The molecule has 0 aliphatic rings. The summed E-state index contributed by atoms with van der Waals surface area (Å²) in [5, 5.41) is 10.9. The molecule has 0 fully saturated rings. The Labute approximate surface area is 127 Å². The quantitative estimate of drug-likeness (QED) is 0.887. The van der Waals surface area contributed by atoms with Crippen molar-refractivity contribution in [3.05, 3.63) is 65.2 Å². The first-order chi connectivity index (χ1) is 9.94. The number of anilines is 1. The normalized spacial score (nSPS) is 13.8. The van der Waals surface area contributed by atoms with Crippen LogP contribution in [0.1, 0.15) is 16.7 Å². The van der Waals surface area contributed by atoms with Gasteiger partial charge in [-0.05, 0) is 42.7 Å². The molecular weight excluding hydrogens is 260 g/mol. The first kappa shape index (κ1) is 15.5. The molecule has 0 heterocycles. The average molecular weight is 284 g/mol. The fourth-order valence-corrected chi connectivity index (χ4v) is 2.68. The van der Waals surface area contributed by atoms with E-state index in [9.17, 15) is 5.11 Å². The zero-order chi connectivity index (χ0) is 15.5. The molecule has 0 spiro atoms. The number of nitrogens with two attached hydrogens (primary N) is 1. The molecule has 0 radical (unpaired) electrons. The number of rotatable bonds is 5. The van der Waals surface area contributed by atoms with Crippen molar-refractivity contribution in [1.82, 2.24) is 0 Å². The Morgan fingerprint density at radius 1 is 1.05 bits per heavy atom. The fourth-order valence-electron chi connectivity index (χ4n) is 2.68. The van der Waals surface area contributed by atoms with Crippen LogP contribution in [0.3, 0.4) is 0 Å². The average Bonchev–Trinajstić information content (AvgIpc) is 2.47. The fraction of sp³-hybridized carbons (Fsp3) is 0.333. The summed E-state index contributed by atoms with van der Waals surface area (Å²) in [6, 6.07) is 16.0.